The summed E-state index contributed by atoms with van der Waals surface area (Å²) in [5.74, 6) is 0.473. The van der Waals surface area contributed by atoms with Crippen molar-refractivity contribution in [3.63, 3.8) is 0 Å². The fourth-order valence-electron chi connectivity index (χ4n) is 2.72. The highest BCUT2D eigenvalue weighted by Gasteiger charge is 2.12. The molecule has 0 spiro atoms. The fraction of sp³-hybridized carbons (Fsp3) is 0.0476. The van der Waals surface area contributed by atoms with Crippen LogP contribution in [0.2, 0.25) is 0 Å². The number of benzene rings is 2. The summed E-state index contributed by atoms with van der Waals surface area (Å²) in [7, 11) is 0. The second-order valence-electron chi connectivity index (χ2n) is 6.10. The lowest BCUT2D eigenvalue weighted by Crippen LogP contribution is -2.20. The smallest absolute Gasteiger partial charge is 0.267 e. The zero-order valence-corrected chi connectivity index (χ0v) is 16.1. The number of nitrogens with zero attached hydrogens (tertiary/aromatic N) is 4. The molecule has 0 radical (unpaired) electrons. The zero-order valence-electron chi connectivity index (χ0n) is 14.5. The predicted octanol–water partition coefficient (Wildman–Crippen LogP) is 4.41. The van der Waals surface area contributed by atoms with E-state index < -0.39 is 0 Å². The number of pyridine rings is 1. The molecule has 27 heavy (non-hydrogen) atoms. The first-order valence-electron chi connectivity index (χ1n) is 8.35. The summed E-state index contributed by atoms with van der Waals surface area (Å²) in [4.78, 5) is 21.8. The topological polar surface area (TPSA) is 60.1 Å². The van der Waals surface area contributed by atoms with Crippen molar-refractivity contribution in [1.29, 1.82) is 0 Å². The van der Waals surface area contributed by atoms with Gasteiger partial charge in [-0.3, -0.25) is 9.78 Å². The van der Waals surface area contributed by atoms with Gasteiger partial charge in [-0.25, -0.2) is 4.98 Å². The molecule has 0 amide bonds. The van der Waals surface area contributed by atoms with E-state index in [0.717, 1.165) is 15.6 Å². The van der Waals surface area contributed by atoms with Crippen LogP contribution in [0.3, 0.4) is 0 Å². The molecule has 2 aromatic carbocycles. The van der Waals surface area contributed by atoms with E-state index in [-0.39, 0.29) is 5.56 Å². The van der Waals surface area contributed by atoms with Crippen molar-refractivity contribution < 1.29 is 0 Å². The Labute approximate surface area is 164 Å². The van der Waals surface area contributed by atoms with Gasteiger partial charge in [0, 0.05) is 22.4 Å². The lowest BCUT2D eigenvalue weighted by atomic mass is 10.2. The molecule has 2 aromatic heterocycles. The number of aromatic nitrogens is 3. The van der Waals surface area contributed by atoms with Crippen LogP contribution in [-0.4, -0.2) is 20.9 Å². The van der Waals surface area contributed by atoms with Crippen LogP contribution in [0.15, 0.2) is 81.4 Å². The molecule has 0 atom stereocenters. The fourth-order valence-corrected chi connectivity index (χ4v) is 3.08. The monoisotopic (exact) mass is 418 g/mol. The van der Waals surface area contributed by atoms with Crippen LogP contribution in [0.25, 0.3) is 22.3 Å². The van der Waals surface area contributed by atoms with Crippen LogP contribution in [0, 0.1) is 6.92 Å². The van der Waals surface area contributed by atoms with Crippen molar-refractivity contribution in [1.82, 2.24) is 14.6 Å². The van der Waals surface area contributed by atoms with Gasteiger partial charge in [-0.05, 0) is 42.8 Å². The van der Waals surface area contributed by atoms with Gasteiger partial charge in [-0.2, -0.15) is 9.78 Å². The molecule has 0 saturated heterocycles. The quantitative estimate of drug-likeness (QED) is 0.462. The Morgan fingerprint density at radius 1 is 1.04 bits per heavy atom. The molecule has 2 heterocycles. The molecule has 132 valence electrons. The Balaban J connectivity index is 1.94. The predicted molar refractivity (Wildman–Crippen MR) is 111 cm³/mol. The van der Waals surface area contributed by atoms with Crippen molar-refractivity contribution >= 4 is 33.0 Å². The van der Waals surface area contributed by atoms with Crippen LogP contribution in [0.1, 0.15) is 11.1 Å². The van der Waals surface area contributed by atoms with Gasteiger partial charge in [0.15, 0.2) is 5.82 Å². The second kappa shape index (κ2) is 7.25. The molecule has 0 aliphatic carbocycles. The summed E-state index contributed by atoms with van der Waals surface area (Å²) >= 11 is 3.41. The molecule has 0 fully saturated rings. The average Bonchev–Trinajstić information content (AvgIpc) is 2.69. The van der Waals surface area contributed by atoms with Gasteiger partial charge in [0.2, 0.25) is 0 Å². The largest absolute Gasteiger partial charge is 0.282 e. The first-order valence-corrected chi connectivity index (χ1v) is 9.15. The third kappa shape index (κ3) is 3.57. The van der Waals surface area contributed by atoms with E-state index in [0.29, 0.717) is 16.7 Å². The van der Waals surface area contributed by atoms with E-state index in [4.69, 9.17) is 0 Å². The summed E-state index contributed by atoms with van der Waals surface area (Å²) in [5.41, 5.74) is 3.24. The lowest BCUT2D eigenvalue weighted by molar-refractivity contribution is 0.829. The maximum absolute atomic E-state index is 13.1. The van der Waals surface area contributed by atoms with E-state index in [2.05, 4.69) is 31.0 Å². The SMILES string of the molecule is Cc1ccc(C=Nn2c(-c3ccncc3)nc3ccc(Br)cc3c2=O)cc1. The molecule has 0 aliphatic heterocycles. The minimum atomic E-state index is -0.225. The van der Waals surface area contributed by atoms with Crippen LogP contribution >= 0.6 is 15.9 Å². The van der Waals surface area contributed by atoms with Gasteiger partial charge >= 0.3 is 0 Å². The summed E-state index contributed by atoms with van der Waals surface area (Å²) in [5, 5.41) is 4.95. The first-order chi connectivity index (χ1) is 13.1. The van der Waals surface area contributed by atoms with Gasteiger partial charge in [0.05, 0.1) is 17.1 Å². The molecular weight excluding hydrogens is 404 g/mol. The van der Waals surface area contributed by atoms with Gasteiger partial charge < -0.3 is 0 Å². The molecule has 0 bridgehead atoms. The van der Waals surface area contributed by atoms with Crippen LogP contribution in [0.4, 0.5) is 0 Å². The highest BCUT2D eigenvalue weighted by Crippen LogP contribution is 2.20. The molecular formula is C21H15BrN4O. The summed E-state index contributed by atoms with van der Waals surface area (Å²) in [6.07, 6.45) is 5.00. The maximum Gasteiger partial charge on any atom is 0.282 e. The van der Waals surface area contributed by atoms with Crippen molar-refractivity contribution in [2.45, 2.75) is 6.92 Å². The molecule has 6 heteroatoms. The molecule has 4 rings (SSSR count). The molecule has 0 unspecified atom stereocenters. The van der Waals surface area contributed by atoms with Crippen LogP contribution < -0.4 is 5.56 Å². The number of hydrogen-bond acceptors (Lipinski definition) is 4. The number of rotatable bonds is 3. The first kappa shape index (κ1) is 17.3. The Bertz CT molecular complexity index is 1200. The van der Waals surface area contributed by atoms with Crippen molar-refractivity contribution in [2.24, 2.45) is 5.10 Å². The van der Waals surface area contributed by atoms with E-state index in [1.807, 2.05) is 55.5 Å². The van der Waals surface area contributed by atoms with Crippen molar-refractivity contribution in [2.75, 3.05) is 0 Å². The van der Waals surface area contributed by atoms with E-state index in [1.54, 1.807) is 24.7 Å². The van der Waals surface area contributed by atoms with Gasteiger partial charge in [-0.1, -0.05) is 45.8 Å². The summed E-state index contributed by atoms with van der Waals surface area (Å²) in [6, 6.07) is 17.0. The molecule has 0 aliphatic rings. The molecule has 0 saturated carbocycles. The zero-order chi connectivity index (χ0) is 18.8. The lowest BCUT2D eigenvalue weighted by Gasteiger charge is -2.09. The third-order valence-electron chi connectivity index (χ3n) is 4.15. The number of hydrogen-bond donors (Lipinski definition) is 0. The van der Waals surface area contributed by atoms with E-state index in [1.165, 1.54) is 10.2 Å². The Morgan fingerprint density at radius 2 is 1.78 bits per heavy atom. The Hall–Kier alpha value is -3.12. The van der Waals surface area contributed by atoms with Gasteiger partial charge in [0.1, 0.15) is 0 Å². The molecule has 0 N–H and O–H groups in total. The van der Waals surface area contributed by atoms with Gasteiger partial charge in [-0.15, -0.1) is 0 Å². The van der Waals surface area contributed by atoms with Crippen LogP contribution in [0.5, 0.6) is 0 Å². The van der Waals surface area contributed by atoms with Crippen molar-refractivity contribution in [3.05, 3.63) is 92.9 Å². The number of halogens is 1. The highest BCUT2D eigenvalue weighted by molar-refractivity contribution is 9.10. The third-order valence-corrected chi connectivity index (χ3v) is 4.64. The minimum absolute atomic E-state index is 0.225. The summed E-state index contributed by atoms with van der Waals surface area (Å²) in [6.45, 7) is 2.03. The van der Waals surface area contributed by atoms with E-state index in [9.17, 15) is 4.79 Å². The second-order valence-corrected chi connectivity index (χ2v) is 7.02. The average molecular weight is 419 g/mol. The normalized spacial score (nSPS) is 11.3. The Morgan fingerprint density at radius 3 is 2.52 bits per heavy atom. The standard InChI is InChI=1S/C21H15BrN4O/c1-14-2-4-15(5-3-14)13-24-26-20(16-8-10-23-11-9-16)25-19-7-6-17(22)12-18(19)21(26)27/h2-13H,1H3. The Kier molecular flexibility index (Phi) is 4.64. The maximum atomic E-state index is 13.1. The van der Waals surface area contributed by atoms with E-state index >= 15 is 0 Å². The van der Waals surface area contributed by atoms with Crippen molar-refractivity contribution in [3.8, 4) is 11.4 Å². The number of aryl methyl sites for hydroxylation is 1. The summed E-state index contributed by atoms with van der Waals surface area (Å²) < 4.78 is 2.16. The molecule has 4 aromatic rings. The highest BCUT2D eigenvalue weighted by atomic mass is 79.9. The minimum Gasteiger partial charge on any atom is -0.267 e. The van der Waals surface area contributed by atoms with Gasteiger partial charge in [0.25, 0.3) is 5.56 Å². The number of fused-ring (bicyclic) bond motifs is 1. The molecule has 5 nitrogen and oxygen atoms in total. The van der Waals surface area contributed by atoms with Crippen LogP contribution in [-0.2, 0) is 0 Å².